The van der Waals surface area contributed by atoms with Crippen LogP contribution in [0.1, 0.15) is 44.1 Å². The third-order valence-electron chi connectivity index (χ3n) is 5.79. The van der Waals surface area contributed by atoms with E-state index in [4.69, 9.17) is 0 Å². The van der Waals surface area contributed by atoms with Crippen LogP contribution >= 0.6 is 24.0 Å². The molecule has 8 heteroatoms. The SMILES string of the molecule is CCc1nncn1CCNC(=NC)NCC(c1ccccc1)N1CCC(C)CC1.I. The second kappa shape index (κ2) is 12.9. The van der Waals surface area contributed by atoms with E-state index in [1.54, 1.807) is 6.33 Å². The minimum Gasteiger partial charge on any atom is -0.355 e. The quantitative estimate of drug-likeness (QED) is 0.315. The fourth-order valence-electron chi connectivity index (χ4n) is 3.92. The van der Waals surface area contributed by atoms with Crippen LogP contribution in [0.2, 0.25) is 0 Å². The van der Waals surface area contributed by atoms with Gasteiger partial charge in [0.05, 0.1) is 6.04 Å². The van der Waals surface area contributed by atoms with E-state index in [0.717, 1.165) is 56.8 Å². The van der Waals surface area contributed by atoms with Crippen molar-refractivity contribution in [3.05, 3.63) is 48.0 Å². The number of aryl methyl sites for hydroxylation is 1. The van der Waals surface area contributed by atoms with Gasteiger partial charge < -0.3 is 15.2 Å². The van der Waals surface area contributed by atoms with Crippen LogP contribution in [0, 0.1) is 5.92 Å². The van der Waals surface area contributed by atoms with Gasteiger partial charge in [0.1, 0.15) is 12.2 Å². The highest BCUT2D eigenvalue weighted by atomic mass is 127. The van der Waals surface area contributed by atoms with Crippen molar-refractivity contribution < 1.29 is 0 Å². The zero-order chi connectivity index (χ0) is 20.5. The van der Waals surface area contributed by atoms with Gasteiger partial charge in [-0.3, -0.25) is 9.89 Å². The first-order chi connectivity index (χ1) is 14.2. The molecule has 0 saturated carbocycles. The van der Waals surface area contributed by atoms with Gasteiger partial charge in [-0.25, -0.2) is 0 Å². The van der Waals surface area contributed by atoms with Crippen molar-refractivity contribution in [2.45, 2.75) is 45.7 Å². The predicted molar refractivity (Wildman–Crippen MR) is 133 cm³/mol. The fraction of sp³-hybridized carbons (Fsp3) is 0.591. The lowest BCUT2D eigenvalue weighted by Gasteiger charge is -2.37. The van der Waals surface area contributed by atoms with E-state index >= 15 is 0 Å². The number of nitrogens with zero attached hydrogens (tertiary/aromatic N) is 5. The van der Waals surface area contributed by atoms with Crippen molar-refractivity contribution in [2.75, 3.05) is 33.2 Å². The first-order valence-electron chi connectivity index (χ1n) is 10.8. The van der Waals surface area contributed by atoms with E-state index in [9.17, 15) is 0 Å². The third-order valence-corrected chi connectivity index (χ3v) is 5.79. The third kappa shape index (κ3) is 6.94. The van der Waals surface area contributed by atoms with E-state index in [2.05, 4.69) is 79.5 Å². The van der Waals surface area contributed by atoms with Crippen LogP contribution < -0.4 is 10.6 Å². The highest BCUT2D eigenvalue weighted by Crippen LogP contribution is 2.26. The molecule has 1 fully saturated rings. The molecule has 0 spiro atoms. The number of nitrogens with one attached hydrogen (secondary N) is 2. The molecular weight excluding hydrogens is 489 g/mol. The standard InChI is InChI=1S/C22H35N7.HI/c1-4-21-27-26-17-29(21)15-12-24-22(23-3)25-16-20(19-8-6-5-7-9-19)28-13-10-18(2)11-14-28;/h5-9,17-18,20H,4,10-16H2,1-3H3,(H2,23,24,25);1H. The predicted octanol–water partition coefficient (Wildman–Crippen LogP) is 3.10. The van der Waals surface area contributed by atoms with Gasteiger partial charge in [0.15, 0.2) is 5.96 Å². The molecule has 1 aliphatic rings. The summed E-state index contributed by atoms with van der Waals surface area (Å²) in [6, 6.07) is 11.2. The molecule has 1 aromatic heterocycles. The minimum atomic E-state index is 0. The van der Waals surface area contributed by atoms with Crippen molar-refractivity contribution in [3.8, 4) is 0 Å². The lowest BCUT2D eigenvalue weighted by molar-refractivity contribution is 0.138. The molecule has 0 aliphatic carbocycles. The Morgan fingerprint density at radius 3 is 2.60 bits per heavy atom. The number of aliphatic imine (C=N–C) groups is 1. The zero-order valence-electron chi connectivity index (χ0n) is 18.4. The molecule has 0 amide bonds. The van der Waals surface area contributed by atoms with Crippen molar-refractivity contribution in [1.29, 1.82) is 0 Å². The molecule has 3 rings (SSSR count). The van der Waals surface area contributed by atoms with Gasteiger partial charge in [-0.1, -0.05) is 44.2 Å². The van der Waals surface area contributed by atoms with E-state index < -0.39 is 0 Å². The highest BCUT2D eigenvalue weighted by molar-refractivity contribution is 14.0. The van der Waals surface area contributed by atoms with Crippen LogP contribution in [0.3, 0.4) is 0 Å². The van der Waals surface area contributed by atoms with E-state index in [1.807, 2.05) is 7.05 Å². The molecular formula is C22H36IN7. The molecule has 2 aromatic rings. The number of aromatic nitrogens is 3. The number of piperidine rings is 1. The number of rotatable bonds is 8. The van der Waals surface area contributed by atoms with Crippen molar-refractivity contribution >= 4 is 29.9 Å². The summed E-state index contributed by atoms with van der Waals surface area (Å²) in [4.78, 5) is 7.02. The summed E-state index contributed by atoms with van der Waals surface area (Å²) in [5, 5.41) is 15.1. The molecule has 2 N–H and O–H groups in total. The lowest BCUT2D eigenvalue weighted by Crippen LogP contribution is -2.45. The Balaban J connectivity index is 0.00000320. The Bertz CT molecular complexity index is 754. The summed E-state index contributed by atoms with van der Waals surface area (Å²) in [6.07, 6.45) is 5.23. The maximum absolute atomic E-state index is 4.41. The number of likely N-dealkylation sites (tertiary alicyclic amines) is 1. The largest absolute Gasteiger partial charge is 0.355 e. The van der Waals surface area contributed by atoms with Crippen LogP contribution in [-0.4, -0.2) is 58.9 Å². The Labute approximate surface area is 197 Å². The zero-order valence-corrected chi connectivity index (χ0v) is 20.8. The van der Waals surface area contributed by atoms with Gasteiger partial charge in [-0.15, -0.1) is 34.2 Å². The summed E-state index contributed by atoms with van der Waals surface area (Å²) >= 11 is 0. The summed E-state index contributed by atoms with van der Waals surface area (Å²) in [5.41, 5.74) is 1.36. The van der Waals surface area contributed by atoms with Crippen molar-refractivity contribution in [1.82, 2.24) is 30.3 Å². The molecule has 1 aromatic carbocycles. The van der Waals surface area contributed by atoms with E-state index in [-0.39, 0.29) is 24.0 Å². The second-order valence-electron chi connectivity index (χ2n) is 7.82. The summed E-state index contributed by atoms with van der Waals surface area (Å²) < 4.78 is 2.09. The van der Waals surface area contributed by atoms with Crippen molar-refractivity contribution in [2.24, 2.45) is 10.9 Å². The number of halogens is 1. The Morgan fingerprint density at radius 1 is 1.20 bits per heavy atom. The molecule has 0 bridgehead atoms. The second-order valence-corrected chi connectivity index (χ2v) is 7.82. The van der Waals surface area contributed by atoms with Gasteiger partial charge in [0, 0.05) is 33.1 Å². The van der Waals surface area contributed by atoms with Crippen LogP contribution in [0.5, 0.6) is 0 Å². The Hall–Kier alpha value is -1.68. The minimum absolute atomic E-state index is 0. The monoisotopic (exact) mass is 525 g/mol. The molecule has 30 heavy (non-hydrogen) atoms. The highest BCUT2D eigenvalue weighted by Gasteiger charge is 2.24. The molecule has 1 saturated heterocycles. The van der Waals surface area contributed by atoms with Crippen LogP contribution in [0.15, 0.2) is 41.7 Å². The lowest BCUT2D eigenvalue weighted by atomic mass is 9.95. The molecule has 0 radical (unpaired) electrons. The number of benzene rings is 1. The van der Waals surface area contributed by atoms with Gasteiger partial charge in [0.25, 0.3) is 0 Å². The maximum Gasteiger partial charge on any atom is 0.191 e. The Morgan fingerprint density at radius 2 is 1.93 bits per heavy atom. The van der Waals surface area contributed by atoms with Crippen LogP contribution in [0.4, 0.5) is 0 Å². The van der Waals surface area contributed by atoms with E-state index in [1.165, 1.54) is 18.4 Å². The summed E-state index contributed by atoms with van der Waals surface area (Å²) in [6.45, 7) is 9.21. The smallest absolute Gasteiger partial charge is 0.191 e. The van der Waals surface area contributed by atoms with Gasteiger partial charge in [0.2, 0.25) is 0 Å². The van der Waals surface area contributed by atoms with Crippen LogP contribution in [0.25, 0.3) is 0 Å². The number of hydrogen-bond donors (Lipinski definition) is 2. The van der Waals surface area contributed by atoms with Gasteiger partial charge >= 0.3 is 0 Å². The van der Waals surface area contributed by atoms with E-state index in [0.29, 0.717) is 6.04 Å². The summed E-state index contributed by atoms with van der Waals surface area (Å²) in [7, 11) is 1.83. The van der Waals surface area contributed by atoms with Gasteiger partial charge in [-0.05, 0) is 37.4 Å². The number of hydrogen-bond acceptors (Lipinski definition) is 4. The van der Waals surface area contributed by atoms with Crippen molar-refractivity contribution in [3.63, 3.8) is 0 Å². The van der Waals surface area contributed by atoms with Crippen LogP contribution in [-0.2, 0) is 13.0 Å². The fourth-order valence-corrected chi connectivity index (χ4v) is 3.92. The average Bonchev–Trinajstić information content (AvgIpc) is 3.22. The maximum atomic E-state index is 4.41. The molecule has 1 aliphatic heterocycles. The molecule has 7 nitrogen and oxygen atoms in total. The number of guanidine groups is 1. The normalized spacial score (nSPS) is 16.7. The Kier molecular flexibility index (Phi) is 10.6. The summed E-state index contributed by atoms with van der Waals surface area (Å²) in [5.74, 6) is 2.68. The molecule has 166 valence electrons. The molecule has 2 heterocycles. The first kappa shape index (κ1) is 24.6. The molecule has 1 unspecified atom stereocenters. The average molecular weight is 525 g/mol. The first-order valence-corrected chi connectivity index (χ1v) is 10.8. The topological polar surface area (TPSA) is 70.4 Å². The molecule has 1 atom stereocenters. The van der Waals surface area contributed by atoms with Gasteiger partial charge in [-0.2, -0.15) is 0 Å².